The van der Waals surface area contributed by atoms with Crippen LogP contribution in [0.5, 0.6) is 0 Å². The van der Waals surface area contributed by atoms with E-state index in [9.17, 15) is 0 Å². The number of unbranched alkanes of at least 4 members (excludes halogenated alkanes) is 3. The molecule has 1 unspecified atom stereocenters. The molecule has 1 aliphatic rings. The summed E-state index contributed by atoms with van der Waals surface area (Å²) in [6.07, 6.45) is 6.52. The van der Waals surface area contributed by atoms with Crippen LogP contribution in [0.1, 0.15) is 32.1 Å². The first kappa shape index (κ1) is 14.3. The molecule has 16 heavy (non-hydrogen) atoms. The number of hydrogen-bond donors (Lipinski definition) is 0. The van der Waals surface area contributed by atoms with Gasteiger partial charge >= 0.3 is 0 Å². The fourth-order valence-electron chi connectivity index (χ4n) is 2.54. The smallest absolute Gasteiger partial charge is 0.0223 e. The molecule has 0 aromatic heterocycles. The summed E-state index contributed by atoms with van der Waals surface area (Å²) in [5, 5.41) is 0. The summed E-state index contributed by atoms with van der Waals surface area (Å²) >= 11 is 5.65. The molecule has 0 N–H and O–H groups in total. The van der Waals surface area contributed by atoms with Crippen LogP contribution in [0.2, 0.25) is 0 Å². The lowest BCUT2D eigenvalue weighted by Gasteiger charge is -2.20. The monoisotopic (exact) mass is 246 g/mol. The molecule has 0 aliphatic carbocycles. The van der Waals surface area contributed by atoms with Crippen LogP contribution in [0, 0.1) is 5.92 Å². The van der Waals surface area contributed by atoms with Gasteiger partial charge in [-0.25, -0.2) is 0 Å². The Morgan fingerprint density at radius 3 is 2.62 bits per heavy atom. The van der Waals surface area contributed by atoms with Crippen molar-refractivity contribution in [3.8, 4) is 0 Å². The van der Waals surface area contributed by atoms with Gasteiger partial charge in [0, 0.05) is 19.0 Å². The van der Waals surface area contributed by atoms with Gasteiger partial charge in [0.2, 0.25) is 0 Å². The Hall–Kier alpha value is 0.210. The highest BCUT2D eigenvalue weighted by molar-refractivity contribution is 6.17. The molecule has 1 saturated heterocycles. The molecule has 0 spiro atoms. The summed E-state index contributed by atoms with van der Waals surface area (Å²) in [7, 11) is 4.49. The van der Waals surface area contributed by atoms with Gasteiger partial charge in [0.1, 0.15) is 0 Å². The molecule has 0 radical (unpaired) electrons. The second kappa shape index (κ2) is 8.32. The summed E-state index contributed by atoms with van der Waals surface area (Å²) in [5.74, 6) is 1.72. The van der Waals surface area contributed by atoms with E-state index in [1.54, 1.807) is 0 Å². The fraction of sp³-hybridized carbons (Fsp3) is 1.00. The van der Waals surface area contributed by atoms with Crippen molar-refractivity contribution in [3.63, 3.8) is 0 Å². The molecule has 3 heteroatoms. The average molecular weight is 247 g/mol. The van der Waals surface area contributed by atoms with E-state index < -0.39 is 0 Å². The number of likely N-dealkylation sites (tertiary alicyclic amines) is 1. The zero-order valence-corrected chi connectivity index (χ0v) is 11.7. The molecule has 0 saturated carbocycles. The molecule has 96 valence electrons. The van der Waals surface area contributed by atoms with Crippen LogP contribution in [0.3, 0.4) is 0 Å². The van der Waals surface area contributed by atoms with Crippen molar-refractivity contribution >= 4 is 11.6 Å². The summed E-state index contributed by atoms with van der Waals surface area (Å²) in [6, 6.07) is 0. The van der Waals surface area contributed by atoms with Gasteiger partial charge in [0.15, 0.2) is 0 Å². The Morgan fingerprint density at radius 2 is 2.00 bits per heavy atom. The molecular formula is C13H27ClN2. The molecular weight excluding hydrogens is 220 g/mol. The van der Waals surface area contributed by atoms with Gasteiger partial charge in [-0.05, 0) is 52.4 Å². The van der Waals surface area contributed by atoms with Crippen molar-refractivity contribution in [2.45, 2.75) is 32.1 Å². The van der Waals surface area contributed by atoms with E-state index in [4.69, 9.17) is 11.6 Å². The van der Waals surface area contributed by atoms with Gasteiger partial charge in [-0.1, -0.05) is 12.8 Å². The Balaban J connectivity index is 1.96. The van der Waals surface area contributed by atoms with E-state index in [1.807, 2.05) is 0 Å². The zero-order valence-electron chi connectivity index (χ0n) is 10.9. The summed E-state index contributed by atoms with van der Waals surface area (Å²) in [5.41, 5.74) is 0. The number of nitrogens with zero attached hydrogens (tertiary/aromatic N) is 2. The lowest BCUT2D eigenvalue weighted by Crippen LogP contribution is -2.28. The highest BCUT2D eigenvalue weighted by Crippen LogP contribution is 2.15. The van der Waals surface area contributed by atoms with E-state index in [1.165, 1.54) is 58.3 Å². The minimum atomic E-state index is 0.824. The minimum absolute atomic E-state index is 0.824. The van der Waals surface area contributed by atoms with Gasteiger partial charge in [-0.3, -0.25) is 0 Å². The zero-order chi connectivity index (χ0) is 11.8. The van der Waals surface area contributed by atoms with Gasteiger partial charge in [-0.15, -0.1) is 11.6 Å². The van der Waals surface area contributed by atoms with Crippen LogP contribution >= 0.6 is 11.6 Å². The lowest BCUT2D eigenvalue weighted by molar-refractivity contribution is 0.268. The van der Waals surface area contributed by atoms with Gasteiger partial charge in [0.25, 0.3) is 0 Å². The van der Waals surface area contributed by atoms with Crippen LogP contribution in [-0.4, -0.2) is 56.0 Å². The number of alkyl halides is 1. The maximum absolute atomic E-state index is 5.65. The second-order valence-electron chi connectivity index (χ2n) is 5.28. The van der Waals surface area contributed by atoms with E-state index >= 15 is 0 Å². The Kier molecular flexibility index (Phi) is 7.42. The summed E-state index contributed by atoms with van der Waals surface area (Å²) < 4.78 is 0. The standard InChI is InChI=1S/C13H27ClN2/c1-15(9-6-4-3-5-8-14)11-13-7-10-16(2)12-13/h13H,3-12H2,1-2H3. The summed E-state index contributed by atoms with van der Waals surface area (Å²) in [4.78, 5) is 4.95. The lowest BCUT2D eigenvalue weighted by atomic mass is 10.1. The summed E-state index contributed by atoms with van der Waals surface area (Å²) in [6.45, 7) is 5.10. The highest BCUT2D eigenvalue weighted by atomic mass is 35.5. The molecule has 1 rings (SSSR count). The Labute approximate surface area is 106 Å². The largest absolute Gasteiger partial charge is 0.306 e. The van der Waals surface area contributed by atoms with Crippen LogP contribution in [0.15, 0.2) is 0 Å². The molecule has 0 aromatic carbocycles. The number of hydrogen-bond acceptors (Lipinski definition) is 2. The SMILES string of the molecule is CN(CCCCCCCl)CC1CCN(C)C1. The third-order valence-electron chi connectivity index (χ3n) is 3.48. The van der Waals surface area contributed by atoms with Crippen molar-refractivity contribution in [1.29, 1.82) is 0 Å². The quantitative estimate of drug-likeness (QED) is 0.480. The predicted molar refractivity (Wildman–Crippen MR) is 72.3 cm³/mol. The Bertz CT molecular complexity index is 175. The third kappa shape index (κ3) is 6.07. The van der Waals surface area contributed by atoms with Crippen LogP contribution < -0.4 is 0 Å². The number of halogens is 1. The van der Waals surface area contributed by atoms with Gasteiger partial charge in [-0.2, -0.15) is 0 Å². The fourth-order valence-corrected chi connectivity index (χ4v) is 2.73. The molecule has 1 atom stereocenters. The van der Waals surface area contributed by atoms with E-state index in [-0.39, 0.29) is 0 Å². The van der Waals surface area contributed by atoms with Crippen molar-refractivity contribution in [3.05, 3.63) is 0 Å². The highest BCUT2D eigenvalue weighted by Gasteiger charge is 2.20. The topological polar surface area (TPSA) is 6.48 Å². The maximum Gasteiger partial charge on any atom is 0.0223 e. The predicted octanol–water partition coefficient (Wildman–Crippen LogP) is 2.67. The molecule has 1 fully saturated rings. The first-order valence-electron chi connectivity index (χ1n) is 6.65. The van der Waals surface area contributed by atoms with Crippen LogP contribution in [0.25, 0.3) is 0 Å². The molecule has 2 nitrogen and oxygen atoms in total. The first-order chi connectivity index (χ1) is 7.72. The molecule has 0 aromatic rings. The molecule has 1 aliphatic heterocycles. The van der Waals surface area contributed by atoms with Gasteiger partial charge in [0.05, 0.1) is 0 Å². The van der Waals surface area contributed by atoms with Crippen molar-refractivity contribution in [2.75, 3.05) is 46.2 Å². The van der Waals surface area contributed by atoms with Crippen LogP contribution in [0.4, 0.5) is 0 Å². The molecule has 0 bridgehead atoms. The van der Waals surface area contributed by atoms with Crippen molar-refractivity contribution in [2.24, 2.45) is 5.92 Å². The van der Waals surface area contributed by atoms with Crippen molar-refractivity contribution < 1.29 is 0 Å². The maximum atomic E-state index is 5.65. The number of rotatable bonds is 8. The van der Waals surface area contributed by atoms with Crippen LogP contribution in [-0.2, 0) is 0 Å². The van der Waals surface area contributed by atoms with Crippen molar-refractivity contribution in [1.82, 2.24) is 9.80 Å². The minimum Gasteiger partial charge on any atom is -0.306 e. The first-order valence-corrected chi connectivity index (χ1v) is 7.19. The molecule has 0 amide bonds. The van der Waals surface area contributed by atoms with E-state index in [0.717, 1.165) is 11.8 Å². The molecule has 1 heterocycles. The third-order valence-corrected chi connectivity index (χ3v) is 3.75. The second-order valence-corrected chi connectivity index (χ2v) is 5.66. The van der Waals surface area contributed by atoms with E-state index in [2.05, 4.69) is 23.9 Å². The van der Waals surface area contributed by atoms with Gasteiger partial charge < -0.3 is 9.80 Å². The Morgan fingerprint density at radius 1 is 1.25 bits per heavy atom. The normalized spacial score (nSPS) is 22.1. The van der Waals surface area contributed by atoms with E-state index in [0.29, 0.717) is 0 Å². The average Bonchev–Trinajstić information content (AvgIpc) is 2.63.